The standard InChI is InChI=1S/C14H11BrN4O/c15-10-4-5-12(17-8-10)14-18-13(20-19-14)7-9-2-1-3-11(16)6-9/h1-6,8H,7,16H2. The van der Waals surface area contributed by atoms with E-state index in [0.717, 1.165) is 15.7 Å². The molecule has 3 rings (SSSR count). The summed E-state index contributed by atoms with van der Waals surface area (Å²) in [5.74, 6) is 1.02. The summed E-state index contributed by atoms with van der Waals surface area (Å²) in [5, 5.41) is 3.94. The van der Waals surface area contributed by atoms with Gasteiger partial charge in [0.1, 0.15) is 5.69 Å². The average Bonchev–Trinajstić information content (AvgIpc) is 2.88. The first-order valence-electron chi connectivity index (χ1n) is 5.99. The average molecular weight is 331 g/mol. The number of nitrogen functional groups attached to an aromatic ring is 1. The molecule has 0 bridgehead atoms. The molecule has 0 aliphatic heterocycles. The maximum atomic E-state index is 5.74. The van der Waals surface area contributed by atoms with Crippen molar-refractivity contribution in [2.75, 3.05) is 5.73 Å². The van der Waals surface area contributed by atoms with Crippen LogP contribution in [0.4, 0.5) is 5.69 Å². The van der Waals surface area contributed by atoms with E-state index < -0.39 is 0 Å². The second-order valence-corrected chi connectivity index (χ2v) is 5.21. The van der Waals surface area contributed by atoms with E-state index in [2.05, 4.69) is 31.1 Å². The van der Waals surface area contributed by atoms with Gasteiger partial charge in [0, 0.05) is 16.4 Å². The van der Waals surface area contributed by atoms with Gasteiger partial charge < -0.3 is 10.3 Å². The first kappa shape index (κ1) is 12.8. The van der Waals surface area contributed by atoms with Gasteiger partial charge in [-0.15, -0.1) is 0 Å². The molecule has 0 atom stereocenters. The van der Waals surface area contributed by atoms with Crippen molar-refractivity contribution in [1.82, 2.24) is 15.1 Å². The molecular formula is C14H11BrN4O. The smallest absolute Gasteiger partial charge is 0.231 e. The molecule has 3 aromatic rings. The highest BCUT2D eigenvalue weighted by Gasteiger charge is 2.10. The van der Waals surface area contributed by atoms with E-state index in [1.807, 2.05) is 36.4 Å². The number of benzene rings is 1. The molecule has 100 valence electrons. The molecule has 2 N–H and O–H groups in total. The summed E-state index contributed by atoms with van der Waals surface area (Å²) in [5.41, 5.74) is 8.17. The second kappa shape index (κ2) is 5.42. The number of hydrogen-bond donors (Lipinski definition) is 1. The van der Waals surface area contributed by atoms with E-state index in [1.165, 1.54) is 0 Å². The largest absolute Gasteiger partial charge is 0.399 e. The quantitative estimate of drug-likeness (QED) is 0.746. The maximum Gasteiger partial charge on any atom is 0.231 e. The zero-order valence-electron chi connectivity index (χ0n) is 10.5. The van der Waals surface area contributed by atoms with E-state index in [4.69, 9.17) is 10.3 Å². The Bertz CT molecular complexity index is 724. The molecule has 20 heavy (non-hydrogen) atoms. The summed E-state index contributed by atoms with van der Waals surface area (Å²) in [7, 11) is 0. The number of rotatable bonds is 3. The van der Waals surface area contributed by atoms with Crippen LogP contribution in [-0.4, -0.2) is 15.1 Å². The molecule has 0 radical (unpaired) electrons. The predicted molar refractivity (Wildman–Crippen MR) is 78.9 cm³/mol. The van der Waals surface area contributed by atoms with Crippen molar-refractivity contribution < 1.29 is 4.52 Å². The SMILES string of the molecule is Nc1cccc(Cc2nc(-c3ccc(Br)cn3)no2)c1. The molecule has 2 heterocycles. The van der Waals surface area contributed by atoms with Gasteiger partial charge in [0.25, 0.3) is 0 Å². The highest BCUT2D eigenvalue weighted by molar-refractivity contribution is 9.10. The number of pyridine rings is 1. The Morgan fingerprint density at radius 2 is 2.10 bits per heavy atom. The number of hydrogen-bond acceptors (Lipinski definition) is 5. The van der Waals surface area contributed by atoms with Crippen molar-refractivity contribution in [3.05, 3.63) is 58.5 Å². The lowest BCUT2D eigenvalue weighted by atomic mass is 10.1. The Balaban J connectivity index is 1.82. The monoisotopic (exact) mass is 330 g/mol. The molecular weight excluding hydrogens is 320 g/mol. The summed E-state index contributed by atoms with van der Waals surface area (Å²) in [6, 6.07) is 11.3. The van der Waals surface area contributed by atoms with Crippen molar-refractivity contribution in [2.24, 2.45) is 0 Å². The van der Waals surface area contributed by atoms with Crippen LogP contribution in [-0.2, 0) is 6.42 Å². The Morgan fingerprint density at radius 1 is 1.20 bits per heavy atom. The van der Waals surface area contributed by atoms with Crippen LogP contribution in [0.2, 0.25) is 0 Å². The third-order valence-electron chi connectivity index (χ3n) is 2.73. The van der Waals surface area contributed by atoms with E-state index in [9.17, 15) is 0 Å². The zero-order chi connectivity index (χ0) is 13.9. The van der Waals surface area contributed by atoms with Gasteiger partial charge in [-0.25, -0.2) is 0 Å². The molecule has 2 aromatic heterocycles. The van der Waals surface area contributed by atoms with Crippen LogP contribution in [0.25, 0.3) is 11.5 Å². The van der Waals surface area contributed by atoms with Gasteiger partial charge in [-0.2, -0.15) is 4.98 Å². The summed E-state index contributed by atoms with van der Waals surface area (Å²) < 4.78 is 6.15. The van der Waals surface area contributed by atoms with E-state index >= 15 is 0 Å². The zero-order valence-corrected chi connectivity index (χ0v) is 12.0. The number of nitrogens with zero attached hydrogens (tertiary/aromatic N) is 3. The molecule has 0 fully saturated rings. The maximum absolute atomic E-state index is 5.74. The van der Waals surface area contributed by atoms with E-state index in [-0.39, 0.29) is 0 Å². The second-order valence-electron chi connectivity index (χ2n) is 4.30. The summed E-state index contributed by atoms with van der Waals surface area (Å²) in [4.78, 5) is 8.57. The van der Waals surface area contributed by atoms with Crippen LogP contribution >= 0.6 is 15.9 Å². The summed E-state index contributed by atoms with van der Waals surface area (Å²) in [6.07, 6.45) is 2.25. The molecule has 0 unspecified atom stereocenters. The van der Waals surface area contributed by atoms with Gasteiger partial charge in [0.2, 0.25) is 11.7 Å². The van der Waals surface area contributed by atoms with Crippen molar-refractivity contribution in [1.29, 1.82) is 0 Å². The first-order chi connectivity index (χ1) is 9.70. The van der Waals surface area contributed by atoms with E-state index in [0.29, 0.717) is 23.8 Å². The number of anilines is 1. The van der Waals surface area contributed by atoms with Crippen molar-refractivity contribution >= 4 is 21.6 Å². The molecule has 0 aliphatic rings. The fourth-order valence-electron chi connectivity index (χ4n) is 1.82. The van der Waals surface area contributed by atoms with Gasteiger partial charge >= 0.3 is 0 Å². The highest BCUT2D eigenvalue weighted by Crippen LogP contribution is 2.17. The van der Waals surface area contributed by atoms with Gasteiger partial charge in [0.15, 0.2) is 0 Å². The van der Waals surface area contributed by atoms with Crippen LogP contribution in [0, 0.1) is 0 Å². The Hall–Kier alpha value is -2.21. The third-order valence-corrected chi connectivity index (χ3v) is 3.20. The molecule has 6 heteroatoms. The number of aromatic nitrogens is 3. The van der Waals surface area contributed by atoms with Crippen LogP contribution in [0.5, 0.6) is 0 Å². The van der Waals surface area contributed by atoms with Gasteiger partial charge in [-0.1, -0.05) is 17.3 Å². The van der Waals surface area contributed by atoms with Gasteiger partial charge in [-0.3, -0.25) is 4.98 Å². The highest BCUT2D eigenvalue weighted by atomic mass is 79.9. The van der Waals surface area contributed by atoms with Crippen LogP contribution in [0.15, 0.2) is 51.6 Å². The fraction of sp³-hybridized carbons (Fsp3) is 0.0714. The third kappa shape index (κ3) is 2.85. The topological polar surface area (TPSA) is 77.8 Å². The van der Waals surface area contributed by atoms with E-state index in [1.54, 1.807) is 6.20 Å². The number of nitrogens with two attached hydrogens (primary N) is 1. The minimum absolute atomic E-state index is 0.483. The molecule has 0 saturated heterocycles. The minimum Gasteiger partial charge on any atom is -0.399 e. The van der Waals surface area contributed by atoms with Gasteiger partial charge in [-0.05, 0) is 45.8 Å². The predicted octanol–water partition coefficient (Wildman–Crippen LogP) is 3.07. The Kier molecular flexibility index (Phi) is 3.47. The van der Waals surface area contributed by atoms with Crippen molar-refractivity contribution in [2.45, 2.75) is 6.42 Å². The fourth-order valence-corrected chi connectivity index (χ4v) is 2.05. The van der Waals surface area contributed by atoms with Crippen LogP contribution in [0.1, 0.15) is 11.5 Å². The lowest BCUT2D eigenvalue weighted by molar-refractivity contribution is 0.385. The van der Waals surface area contributed by atoms with Crippen molar-refractivity contribution in [3.8, 4) is 11.5 Å². The Morgan fingerprint density at radius 3 is 2.85 bits per heavy atom. The molecule has 1 aromatic carbocycles. The first-order valence-corrected chi connectivity index (χ1v) is 6.79. The molecule has 0 aliphatic carbocycles. The molecule has 0 amide bonds. The summed E-state index contributed by atoms with van der Waals surface area (Å²) >= 11 is 3.34. The minimum atomic E-state index is 0.483. The van der Waals surface area contributed by atoms with Gasteiger partial charge in [0.05, 0.1) is 6.42 Å². The lowest BCUT2D eigenvalue weighted by Gasteiger charge is -1.97. The Labute approximate surface area is 124 Å². The van der Waals surface area contributed by atoms with Crippen molar-refractivity contribution in [3.63, 3.8) is 0 Å². The van der Waals surface area contributed by atoms with Crippen LogP contribution < -0.4 is 5.73 Å². The lowest BCUT2D eigenvalue weighted by Crippen LogP contribution is -1.91. The molecule has 0 spiro atoms. The molecule has 0 saturated carbocycles. The number of halogens is 1. The summed E-state index contributed by atoms with van der Waals surface area (Å²) in [6.45, 7) is 0. The normalized spacial score (nSPS) is 10.7. The molecule has 5 nitrogen and oxygen atoms in total. The van der Waals surface area contributed by atoms with Crippen LogP contribution in [0.3, 0.4) is 0 Å².